The number of esters is 1. The summed E-state index contributed by atoms with van der Waals surface area (Å²) in [7, 11) is 2.99. The second kappa shape index (κ2) is 16.6. The lowest BCUT2D eigenvalue weighted by Crippen LogP contribution is -2.57. The molecule has 4 amide bonds. The number of likely N-dealkylation sites (N-methyl/N-ethyl adjacent to an activating group) is 2. The zero-order valence-electron chi connectivity index (χ0n) is 28.7. The van der Waals surface area contributed by atoms with E-state index in [0.29, 0.717) is 23.4 Å². The molecule has 0 saturated heterocycles. The Hall–Kier alpha value is -4.78. The Balaban J connectivity index is 1.77. The van der Waals surface area contributed by atoms with E-state index >= 15 is 0 Å². The van der Waals surface area contributed by atoms with Gasteiger partial charge in [-0.1, -0.05) is 55.8 Å². The number of benzene rings is 2. The standard InChI is InChI=1S/C36H45N5O7S/c1-7-11-27-21(2)36(47)48-23(4)34(45)41(6)30(19-25-14-16-26(42)17-15-25)35(46)40(5)29(18-24-12-9-8-10-13-24)32(44)37-22(3)33-39-28(20-49-33)31(43)38-27/h8-10,12-17,20-23,27,29-30,42H,7,11,18-19H2,1-6H3,(H,37,44)(H,38,43)/t21-,22+,23+,27-,29+,30?/m1/s1. The average Bonchev–Trinajstić information content (AvgIpc) is 3.59. The van der Waals surface area contributed by atoms with E-state index in [-0.39, 0.29) is 24.3 Å². The summed E-state index contributed by atoms with van der Waals surface area (Å²) in [6.07, 6.45) is 0.133. The normalized spacial score (nSPS) is 24.7. The molecule has 3 aromatic rings. The van der Waals surface area contributed by atoms with Crippen molar-refractivity contribution in [3.05, 3.63) is 81.8 Å². The first-order chi connectivity index (χ1) is 23.3. The van der Waals surface area contributed by atoms with Crippen LogP contribution in [0.5, 0.6) is 5.75 Å². The molecule has 0 radical (unpaired) electrons. The third-order valence-electron chi connectivity index (χ3n) is 8.87. The van der Waals surface area contributed by atoms with E-state index in [4.69, 9.17) is 4.74 Å². The topological polar surface area (TPSA) is 158 Å². The minimum atomic E-state index is -1.26. The quantitative estimate of drug-likeness (QED) is 0.331. The van der Waals surface area contributed by atoms with Gasteiger partial charge in [0.25, 0.3) is 11.8 Å². The lowest BCUT2D eigenvalue weighted by Gasteiger charge is -2.35. The van der Waals surface area contributed by atoms with E-state index in [1.54, 1.807) is 31.4 Å². The molecule has 0 saturated carbocycles. The van der Waals surface area contributed by atoms with Crippen molar-refractivity contribution in [2.24, 2.45) is 5.92 Å². The zero-order chi connectivity index (χ0) is 35.8. The fraction of sp³-hybridized carbons (Fsp3) is 0.444. The van der Waals surface area contributed by atoms with E-state index in [2.05, 4.69) is 15.6 Å². The molecular formula is C36H45N5O7S. The molecule has 1 aliphatic rings. The van der Waals surface area contributed by atoms with Crippen molar-refractivity contribution in [2.75, 3.05) is 14.1 Å². The van der Waals surface area contributed by atoms with Crippen LogP contribution in [0.15, 0.2) is 60.0 Å². The summed E-state index contributed by atoms with van der Waals surface area (Å²) >= 11 is 1.22. The van der Waals surface area contributed by atoms with Gasteiger partial charge < -0.3 is 30.3 Å². The van der Waals surface area contributed by atoms with Gasteiger partial charge in [0.05, 0.1) is 12.0 Å². The van der Waals surface area contributed by atoms with E-state index in [0.717, 1.165) is 5.56 Å². The van der Waals surface area contributed by atoms with Gasteiger partial charge >= 0.3 is 5.97 Å². The molecule has 0 spiro atoms. The van der Waals surface area contributed by atoms with Crippen LogP contribution in [0, 0.1) is 5.92 Å². The predicted molar refractivity (Wildman–Crippen MR) is 185 cm³/mol. The van der Waals surface area contributed by atoms with Crippen molar-refractivity contribution < 1.29 is 33.8 Å². The van der Waals surface area contributed by atoms with Crippen LogP contribution in [0.3, 0.4) is 0 Å². The number of aromatic nitrogens is 1. The number of carbonyl (C=O) groups is 5. The largest absolute Gasteiger partial charge is 0.508 e. The summed E-state index contributed by atoms with van der Waals surface area (Å²) in [5.74, 6) is -3.45. The Labute approximate surface area is 290 Å². The molecule has 12 nitrogen and oxygen atoms in total. The number of phenolic OH excluding ortho intramolecular Hbond substituents is 1. The number of cyclic esters (lactones) is 1. The zero-order valence-corrected chi connectivity index (χ0v) is 29.5. The number of phenols is 1. The molecule has 0 aliphatic carbocycles. The number of nitrogens with zero attached hydrogens (tertiary/aromatic N) is 3. The lowest BCUT2D eigenvalue weighted by atomic mass is 9.97. The van der Waals surface area contributed by atoms with Crippen LogP contribution in [0.1, 0.15) is 73.2 Å². The molecule has 262 valence electrons. The number of thiazole rings is 1. The third kappa shape index (κ3) is 9.23. The van der Waals surface area contributed by atoms with Gasteiger partial charge in [0.1, 0.15) is 28.5 Å². The number of amides is 4. The highest BCUT2D eigenvalue weighted by Crippen LogP contribution is 2.23. The van der Waals surface area contributed by atoms with Gasteiger partial charge in [-0.15, -0.1) is 11.3 Å². The summed E-state index contributed by atoms with van der Waals surface area (Å²) in [4.78, 5) is 76.0. The van der Waals surface area contributed by atoms with Gasteiger partial charge in [0.2, 0.25) is 11.8 Å². The Morgan fingerprint density at radius 1 is 0.837 bits per heavy atom. The third-order valence-corrected chi connectivity index (χ3v) is 9.90. The van der Waals surface area contributed by atoms with Gasteiger partial charge in [-0.2, -0.15) is 0 Å². The smallest absolute Gasteiger partial charge is 0.311 e. The van der Waals surface area contributed by atoms with Crippen LogP contribution in [-0.4, -0.2) is 87.8 Å². The number of nitrogens with one attached hydrogen (secondary N) is 2. The molecule has 49 heavy (non-hydrogen) atoms. The first kappa shape index (κ1) is 37.0. The van der Waals surface area contributed by atoms with Gasteiger partial charge in [0, 0.05) is 38.4 Å². The maximum absolute atomic E-state index is 14.5. The van der Waals surface area contributed by atoms with Gasteiger partial charge in [0.15, 0.2) is 6.10 Å². The van der Waals surface area contributed by atoms with Crippen molar-refractivity contribution in [1.82, 2.24) is 25.4 Å². The number of ether oxygens (including phenoxy) is 1. The molecule has 1 unspecified atom stereocenters. The second-order valence-electron chi connectivity index (χ2n) is 12.5. The number of rotatable bonds is 6. The number of fused-ring (bicyclic) bond motifs is 2. The van der Waals surface area contributed by atoms with Crippen LogP contribution in [0.4, 0.5) is 0 Å². The Kier molecular flexibility index (Phi) is 12.5. The minimum absolute atomic E-state index is 0.0467. The van der Waals surface area contributed by atoms with Crippen molar-refractivity contribution in [1.29, 1.82) is 0 Å². The minimum Gasteiger partial charge on any atom is -0.508 e. The van der Waals surface area contributed by atoms with E-state index < -0.39 is 65.8 Å². The molecule has 4 rings (SSSR count). The molecule has 2 aromatic carbocycles. The predicted octanol–water partition coefficient (Wildman–Crippen LogP) is 3.65. The maximum atomic E-state index is 14.5. The monoisotopic (exact) mass is 691 g/mol. The van der Waals surface area contributed by atoms with E-state index in [1.807, 2.05) is 37.3 Å². The summed E-state index contributed by atoms with van der Waals surface area (Å²) in [6.45, 7) is 6.75. The summed E-state index contributed by atoms with van der Waals surface area (Å²) in [5, 5.41) is 17.8. The molecule has 13 heteroatoms. The molecule has 2 bridgehead atoms. The van der Waals surface area contributed by atoms with E-state index in [9.17, 15) is 29.1 Å². The Bertz CT molecular complexity index is 1630. The molecule has 3 N–H and O–H groups in total. The Morgan fingerprint density at radius 3 is 2.10 bits per heavy atom. The van der Waals surface area contributed by atoms with E-state index in [1.165, 1.54) is 54.3 Å². The highest BCUT2D eigenvalue weighted by molar-refractivity contribution is 7.09. The summed E-state index contributed by atoms with van der Waals surface area (Å²) in [5.41, 5.74) is 1.63. The number of aromatic hydroxyl groups is 1. The first-order valence-corrected chi connectivity index (χ1v) is 17.3. The number of carbonyl (C=O) groups excluding carboxylic acids is 5. The number of hydrogen-bond donors (Lipinski definition) is 3. The fourth-order valence-corrected chi connectivity index (χ4v) is 6.58. The molecule has 2 heterocycles. The van der Waals surface area contributed by atoms with Gasteiger partial charge in [-0.3, -0.25) is 24.0 Å². The van der Waals surface area contributed by atoms with Crippen molar-refractivity contribution in [3.8, 4) is 5.75 Å². The Morgan fingerprint density at radius 2 is 1.45 bits per heavy atom. The van der Waals surface area contributed by atoms with Crippen molar-refractivity contribution >= 4 is 40.9 Å². The molecule has 0 fully saturated rings. The molecule has 1 aromatic heterocycles. The van der Waals surface area contributed by atoms with Crippen LogP contribution in [0.25, 0.3) is 0 Å². The summed E-state index contributed by atoms with van der Waals surface area (Å²) < 4.78 is 5.64. The van der Waals surface area contributed by atoms with Crippen LogP contribution < -0.4 is 10.6 Å². The molecular weight excluding hydrogens is 646 g/mol. The van der Waals surface area contributed by atoms with Crippen molar-refractivity contribution in [2.45, 2.75) is 83.6 Å². The summed E-state index contributed by atoms with van der Waals surface area (Å²) in [6, 6.07) is 12.3. The highest BCUT2D eigenvalue weighted by Gasteiger charge is 2.38. The average molecular weight is 692 g/mol. The maximum Gasteiger partial charge on any atom is 0.311 e. The number of hydrogen-bond acceptors (Lipinski definition) is 9. The second-order valence-corrected chi connectivity index (χ2v) is 13.4. The highest BCUT2D eigenvalue weighted by atomic mass is 32.1. The van der Waals surface area contributed by atoms with Crippen LogP contribution in [0.2, 0.25) is 0 Å². The van der Waals surface area contributed by atoms with Crippen molar-refractivity contribution in [3.63, 3.8) is 0 Å². The molecule has 6 atom stereocenters. The van der Waals surface area contributed by atoms with Crippen LogP contribution >= 0.6 is 11.3 Å². The lowest BCUT2D eigenvalue weighted by molar-refractivity contribution is -0.164. The van der Waals surface area contributed by atoms with Gasteiger partial charge in [-0.25, -0.2) is 4.98 Å². The first-order valence-electron chi connectivity index (χ1n) is 16.4. The molecule has 1 aliphatic heterocycles. The SMILES string of the molecule is CCC[C@H]1NC(=O)c2csc(n2)[C@H](C)NC(=O)[C@H](Cc2ccccc2)N(C)C(=O)C(Cc2ccc(O)cc2)N(C)C(=O)[C@H](C)OC(=O)[C@@H]1C. The van der Waals surface area contributed by atoms with Crippen LogP contribution in [-0.2, 0) is 36.8 Å². The van der Waals surface area contributed by atoms with Gasteiger partial charge in [-0.05, 0) is 50.5 Å². The fourth-order valence-electron chi connectivity index (χ4n) is 5.78.